The van der Waals surface area contributed by atoms with Crippen molar-refractivity contribution in [2.45, 2.75) is 23.1 Å². The van der Waals surface area contributed by atoms with Crippen LogP contribution in [0.2, 0.25) is 0 Å². The van der Waals surface area contributed by atoms with Gasteiger partial charge in [0.1, 0.15) is 10.6 Å². The number of benzene rings is 1. The topological polar surface area (TPSA) is 77.5 Å². The lowest BCUT2D eigenvalue weighted by molar-refractivity contribution is 0.402. The van der Waals surface area contributed by atoms with Crippen LogP contribution in [0.1, 0.15) is 13.3 Å². The van der Waals surface area contributed by atoms with Crippen molar-refractivity contribution in [2.75, 3.05) is 12.9 Å². The molecule has 1 aromatic carbocycles. The van der Waals surface area contributed by atoms with Crippen LogP contribution in [0.5, 0.6) is 5.75 Å². The van der Waals surface area contributed by atoms with Crippen molar-refractivity contribution in [2.24, 2.45) is 0 Å². The summed E-state index contributed by atoms with van der Waals surface area (Å²) in [6, 6.07) is 3.60. The highest BCUT2D eigenvalue weighted by atomic mass is 35.7. The molecule has 0 saturated carbocycles. The maximum Gasteiger partial charge on any atom is 0.265 e. The number of ether oxygens (including phenoxy) is 1. The van der Waals surface area contributed by atoms with Crippen LogP contribution in [0.3, 0.4) is 0 Å². The third-order valence-electron chi connectivity index (χ3n) is 2.23. The van der Waals surface area contributed by atoms with E-state index in [2.05, 4.69) is 0 Å². The van der Waals surface area contributed by atoms with Crippen LogP contribution in [0.25, 0.3) is 0 Å². The predicted molar refractivity (Wildman–Crippen MR) is 68.4 cm³/mol. The zero-order valence-corrected chi connectivity index (χ0v) is 12.3. The maximum absolute atomic E-state index is 11.8. The van der Waals surface area contributed by atoms with Crippen LogP contribution < -0.4 is 4.74 Å². The molecule has 102 valence electrons. The molecule has 8 heteroatoms. The van der Waals surface area contributed by atoms with E-state index in [0.29, 0.717) is 6.42 Å². The largest absolute Gasteiger partial charge is 0.495 e. The second kappa shape index (κ2) is 5.46. The second-order valence-corrected chi connectivity index (χ2v) is 8.21. The Balaban J connectivity index is 3.46. The molecule has 0 fully saturated rings. The monoisotopic (exact) mass is 312 g/mol. The Morgan fingerprint density at radius 1 is 1.22 bits per heavy atom. The number of hydrogen-bond donors (Lipinski definition) is 0. The summed E-state index contributed by atoms with van der Waals surface area (Å²) in [4.78, 5) is -0.423. The van der Waals surface area contributed by atoms with Crippen molar-refractivity contribution in [3.05, 3.63) is 18.2 Å². The Labute approximate surface area is 111 Å². The molecule has 0 heterocycles. The van der Waals surface area contributed by atoms with Gasteiger partial charge in [0.15, 0.2) is 9.84 Å². The molecule has 0 aliphatic heterocycles. The Morgan fingerprint density at radius 2 is 1.83 bits per heavy atom. The molecular formula is C10H13ClO5S2. The fourth-order valence-corrected chi connectivity index (χ4v) is 3.87. The van der Waals surface area contributed by atoms with Crippen molar-refractivity contribution >= 4 is 29.6 Å². The lowest BCUT2D eigenvalue weighted by atomic mass is 10.3. The lowest BCUT2D eigenvalue weighted by Crippen LogP contribution is -2.07. The molecule has 0 bridgehead atoms. The van der Waals surface area contributed by atoms with E-state index in [1.165, 1.54) is 19.2 Å². The van der Waals surface area contributed by atoms with E-state index in [-0.39, 0.29) is 21.3 Å². The van der Waals surface area contributed by atoms with E-state index < -0.39 is 18.9 Å². The first-order chi connectivity index (χ1) is 8.22. The van der Waals surface area contributed by atoms with Crippen LogP contribution in [0.15, 0.2) is 28.0 Å². The van der Waals surface area contributed by atoms with E-state index in [1.807, 2.05) is 0 Å². The summed E-state index contributed by atoms with van der Waals surface area (Å²) < 4.78 is 51.2. The summed E-state index contributed by atoms with van der Waals surface area (Å²) >= 11 is 0. The molecule has 5 nitrogen and oxygen atoms in total. The molecule has 1 rings (SSSR count). The first kappa shape index (κ1) is 15.3. The van der Waals surface area contributed by atoms with Gasteiger partial charge in [-0.25, -0.2) is 16.8 Å². The molecule has 18 heavy (non-hydrogen) atoms. The number of methoxy groups -OCH3 is 1. The van der Waals surface area contributed by atoms with Gasteiger partial charge in [-0.3, -0.25) is 0 Å². The lowest BCUT2D eigenvalue weighted by Gasteiger charge is -2.08. The Hall–Kier alpha value is -0.790. The normalized spacial score (nSPS) is 12.4. The van der Waals surface area contributed by atoms with Crippen molar-refractivity contribution in [1.29, 1.82) is 0 Å². The van der Waals surface area contributed by atoms with Crippen molar-refractivity contribution < 1.29 is 21.6 Å². The fraction of sp³-hybridized carbons (Fsp3) is 0.400. The van der Waals surface area contributed by atoms with Gasteiger partial charge in [-0.2, -0.15) is 0 Å². The molecule has 0 N–H and O–H groups in total. The zero-order chi connectivity index (χ0) is 14.0. The van der Waals surface area contributed by atoms with E-state index in [4.69, 9.17) is 15.4 Å². The Kier molecular flexibility index (Phi) is 4.63. The van der Waals surface area contributed by atoms with Crippen LogP contribution in [0.4, 0.5) is 0 Å². The molecule has 0 spiro atoms. The van der Waals surface area contributed by atoms with Gasteiger partial charge >= 0.3 is 0 Å². The Bertz CT molecular complexity index is 634. The predicted octanol–water partition coefficient (Wildman–Crippen LogP) is 1.81. The summed E-state index contributed by atoms with van der Waals surface area (Å²) in [7, 11) is -1.04. The van der Waals surface area contributed by atoms with Gasteiger partial charge in [0.25, 0.3) is 9.05 Å². The molecule has 0 amide bonds. The minimum Gasteiger partial charge on any atom is -0.495 e. The summed E-state index contributed by atoms with van der Waals surface area (Å²) in [5, 5.41) is 0. The van der Waals surface area contributed by atoms with Crippen LogP contribution in [-0.4, -0.2) is 29.7 Å². The summed E-state index contributed by atoms with van der Waals surface area (Å²) in [6.07, 6.45) is 0.442. The first-order valence-electron chi connectivity index (χ1n) is 5.08. The zero-order valence-electron chi connectivity index (χ0n) is 9.88. The number of sulfone groups is 1. The van der Waals surface area contributed by atoms with Crippen LogP contribution in [-0.2, 0) is 18.9 Å². The molecule has 0 aliphatic carbocycles. The summed E-state index contributed by atoms with van der Waals surface area (Å²) in [5.74, 6) is -0.0402. The Morgan fingerprint density at radius 3 is 2.28 bits per heavy atom. The van der Waals surface area contributed by atoms with E-state index >= 15 is 0 Å². The molecule has 1 aromatic rings. The first-order valence-corrected chi connectivity index (χ1v) is 9.04. The van der Waals surface area contributed by atoms with Gasteiger partial charge in [0.2, 0.25) is 0 Å². The third kappa shape index (κ3) is 3.37. The van der Waals surface area contributed by atoms with E-state index in [0.717, 1.165) is 6.07 Å². The van der Waals surface area contributed by atoms with Crippen LogP contribution >= 0.6 is 10.7 Å². The van der Waals surface area contributed by atoms with Crippen molar-refractivity contribution in [3.8, 4) is 5.75 Å². The highest BCUT2D eigenvalue weighted by Gasteiger charge is 2.21. The van der Waals surface area contributed by atoms with Gasteiger partial charge < -0.3 is 4.74 Å². The third-order valence-corrected chi connectivity index (χ3v) is 5.49. The molecule has 0 aromatic heterocycles. The van der Waals surface area contributed by atoms with Gasteiger partial charge in [-0.05, 0) is 24.6 Å². The van der Waals surface area contributed by atoms with Gasteiger partial charge in [0, 0.05) is 10.7 Å². The molecule has 0 aliphatic rings. The number of hydrogen-bond acceptors (Lipinski definition) is 5. The molecule has 0 unspecified atom stereocenters. The number of halogens is 1. The SMILES string of the molecule is CCCS(=O)(=O)c1ccc(OC)c(S(=O)(=O)Cl)c1. The minimum absolute atomic E-state index is 0.0143. The molecule has 0 atom stereocenters. The highest BCUT2D eigenvalue weighted by molar-refractivity contribution is 8.13. The summed E-state index contributed by atoms with van der Waals surface area (Å²) in [5.41, 5.74) is 0. The van der Waals surface area contributed by atoms with E-state index in [9.17, 15) is 16.8 Å². The average molecular weight is 313 g/mol. The van der Waals surface area contributed by atoms with Crippen molar-refractivity contribution in [3.63, 3.8) is 0 Å². The van der Waals surface area contributed by atoms with Gasteiger partial charge in [-0.1, -0.05) is 6.92 Å². The quantitative estimate of drug-likeness (QED) is 0.775. The van der Waals surface area contributed by atoms with Crippen LogP contribution in [0, 0.1) is 0 Å². The number of rotatable bonds is 5. The molecule has 0 radical (unpaired) electrons. The van der Waals surface area contributed by atoms with E-state index in [1.54, 1.807) is 6.92 Å². The molecule has 0 saturated heterocycles. The second-order valence-electron chi connectivity index (χ2n) is 3.57. The minimum atomic E-state index is -4.06. The highest BCUT2D eigenvalue weighted by Crippen LogP contribution is 2.29. The summed E-state index contributed by atoms with van der Waals surface area (Å²) in [6.45, 7) is 1.72. The molecular weight excluding hydrogens is 300 g/mol. The maximum atomic E-state index is 11.8. The smallest absolute Gasteiger partial charge is 0.265 e. The fourth-order valence-electron chi connectivity index (χ4n) is 1.43. The van der Waals surface area contributed by atoms with Gasteiger partial charge in [0.05, 0.1) is 17.8 Å². The van der Waals surface area contributed by atoms with Gasteiger partial charge in [-0.15, -0.1) is 0 Å². The standard InChI is InChI=1S/C10H13ClO5S2/c1-3-6-17(12,13)8-4-5-9(16-2)10(7-8)18(11,14)15/h4-5,7H,3,6H2,1-2H3. The average Bonchev–Trinajstić information content (AvgIpc) is 2.27. The van der Waals surface area contributed by atoms with Crippen molar-refractivity contribution in [1.82, 2.24) is 0 Å².